The Morgan fingerprint density at radius 3 is 1.21 bits per heavy atom. The van der Waals surface area contributed by atoms with Gasteiger partial charge < -0.3 is 5.48 Å². The van der Waals surface area contributed by atoms with Crippen molar-refractivity contribution >= 4 is 30.9 Å². The molecular formula is C12H31MgO5P. The Bertz CT molecular complexity index is 183. The first-order valence-electron chi connectivity index (χ1n) is 6.72. The zero-order valence-corrected chi connectivity index (χ0v) is 12.8. The van der Waals surface area contributed by atoms with Gasteiger partial charge in [0.2, 0.25) is 0 Å². The van der Waals surface area contributed by atoms with Crippen LogP contribution in [0.4, 0.5) is 0 Å². The molecular weight excluding hydrogens is 279 g/mol. The first-order valence-corrected chi connectivity index (χ1v) is 8.18. The molecule has 0 aromatic carbocycles. The molecule has 19 heavy (non-hydrogen) atoms. The Hall–Kier alpha value is 0.836. The van der Waals surface area contributed by atoms with Crippen molar-refractivity contribution in [1.29, 1.82) is 0 Å². The third-order valence-corrected chi connectivity index (χ3v) is 3.74. The maximum Gasteiger partial charge on any atom is 0.474 e. The van der Waals surface area contributed by atoms with Gasteiger partial charge in [0, 0.05) is 0 Å². The van der Waals surface area contributed by atoms with Crippen LogP contribution in [-0.2, 0) is 18.1 Å². The van der Waals surface area contributed by atoms with E-state index in [9.17, 15) is 4.57 Å². The smallest absolute Gasteiger partial charge is 0.412 e. The van der Waals surface area contributed by atoms with Crippen LogP contribution in [0.15, 0.2) is 0 Å². The lowest BCUT2D eigenvalue weighted by atomic mass is 10.4. The minimum Gasteiger partial charge on any atom is -0.412 e. The Labute approximate surface area is 133 Å². The Balaban J connectivity index is -0.00000128. The van der Waals surface area contributed by atoms with Gasteiger partial charge in [0.25, 0.3) is 0 Å². The van der Waals surface area contributed by atoms with Crippen molar-refractivity contribution in [2.24, 2.45) is 0 Å². The van der Waals surface area contributed by atoms with Crippen molar-refractivity contribution in [2.45, 2.75) is 59.3 Å². The van der Waals surface area contributed by atoms with Crippen LogP contribution in [0.3, 0.4) is 0 Å². The van der Waals surface area contributed by atoms with E-state index < -0.39 is 7.82 Å². The van der Waals surface area contributed by atoms with Gasteiger partial charge in [-0.05, 0) is 19.3 Å². The van der Waals surface area contributed by atoms with Crippen LogP contribution in [0.1, 0.15) is 59.3 Å². The maximum absolute atomic E-state index is 12.2. The van der Waals surface area contributed by atoms with Crippen molar-refractivity contribution in [3.8, 4) is 0 Å². The molecule has 0 fully saturated rings. The lowest BCUT2D eigenvalue weighted by molar-refractivity contribution is 0.110. The van der Waals surface area contributed by atoms with Crippen molar-refractivity contribution in [2.75, 3.05) is 19.8 Å². The van der Waals surface area contributed by atoms with Crippen LogP contribution < -0.4 is 0 Å². The van der Waals surface area contributed by atoms with Gasteiger partial charge in [0.05, 0.1) is 19.8 Å². The van der Waals surface area contributed by atoms with Crippen LogP contribution in [0, 0.1) is 0 Å². The third kappa shape index (κ3) is 15.0. The van der Waals surface area contributed by atoms with Gasteiger partial charge in [-0.25, -0.2) is 4.57 Å². The quantitative estimate of drug-likeness (QED) is 0.315. The average Bonchev–Trinajstić information content (AvgIpc) is 2.30. The van der Waals surface area contributed by atoms with Gasteiger partial charge in [-0.15, -0.1) is 0 Å². The molecule has 5 nitrogen and oxygen atoms in total. The molecule has 0 aliphatic rings. The molecule has 0 rings (SSSR count). The van der Waals surface area contributed by atoms with Gasteiger partial charge >= 0.3 is 30.9 Å². The number of hydrogen-bond donors (Lipinski definition) is 0. The highest BCUT2D eigenvalue weighted by Crippen LogP contribution is 2.49. The van der Waals surface area contributed by atoms with E-state index in [2.05, 4.69) is 20.8 Å². The average molecular weight is 311 g/mol. The Kier molecular flexibility index (Phi) is 22.1. The number of unbranched alkanes of at least 4 members (excludes halogenated alkanes) is 3. The standard InChI is InChI=1S/C12H27O4P.Mg.H2O.2H/c1-4-7-10-14-17(13,15-11-8-5-2)16-12-9-6-3;;;;/h4-12H2,1-3H3;;1H2;;. The van der Waals surface area contributed by atoms with Gasteiger partial charge in [-0.3, -0.25) is 13.6 Å². The first kappa shape index (κ1) is 24.8. The van der Waals surface area contributed by atoms with Crippen LogP contribution in [0.2, 0.25) is 0 Å². The normalized spacial score (nSPS) is 10.7. The van der Waals surface area contributed by atoms with Crippen LogP contribution in [-0.4, -0.2) is 48.3 Å². The molecule has 0 radical (unpaired) electrons. The second-order valence-corrected chi connectivity index (χ2v) is 5.68. The zero-order valence-electron chi connectivity index (χ0n) is 11.9. The molecule has 0 amide bonds. The van der Waals surface area contributed by atoms with Crippen molar-refractivity contribution in [3.05, 3.63) is 0 Å². The fourth-order valence-corrected chi connectivity index (χ4v) is 2.36. The summed E-state index contributed by atoms with van der Waals surface area (Å²) < 4.78 is 28.0. The van der Waals surface area contributed by atoms with E-state index >= 15 is 0 Å². The number of hydrogen-bond acceptors (Lipinski definition) is 4. The molecule has 0 heterocycles. The molecule has 0 aromatic rings. The van der Waals surface area contributed by atoms with Gasteiger partial charge in [0.15, 0.2) is 0 Å². The van der Waals surface area contributed by atoms with Crippen molar-refractivity contribution < 1.29 is 23.6 Å². The maximum atomic E-state index is 12.2. The molecule has 0 saturated carbocycles. The Morgan fingerprint density at radius 2 is 1.00 bits per heavy atom. The van der Waals surface area contributed by atoms with Crippen molar-refractivity contribution in [3.63, 3.8) is 0 Å². The van der Waals surface area contributed by atoms with Gasteiger partial charge in [-0.2, -0.15) is 0 Å². The minimum atomic E-state index is -3.31. The molecule has 0 spiro atoms. The van der Waals surface area contributed by atoms with E-state index in [4.69, 9.17) is 13.6 Å². The molecule has 0 atom stereocenters. The van der Waals surface area contributed by atoms with Crippen molar-refractivity contribution in [1.82, 2.24) is 0 Å². The summed E-state index contributed by atoms with van der Waals surface area (Å²) in [5, 5.41) is 0. The lowest BCUT2D eigenvalue weighted by Crippen LogP contribution is -2.03. The largest absolute Gasteiger partial charge is 0.474 e. The molecule has 0 unspecified atom stereocenters. The van der Waals surface area contributed by atoms with Crippen LogP contribution >= 0.6 is 7.82 Å². The predicted molar refractivity (Wildman–Crippen MR) is 82.3 cm³/mol. The summed E-state index contributed by atoms with van der Waals surface area (Å²) >= 11 is 0. The summed E-state index contributed by atoms with van der Waals surface area (Å²) in [6.07, 6.45) is 5.63. The van der Waals surface area contributed by atoms with Crippen LogP contribution in [0.25, 0.3) is 0 Å². The van der Waals surface area contributed by atoms with E-state index in [1.807, 2.05) is 0 Å². The summed E-state index contributed by atoms with van der Waals surface area (Å²) in [5.41, 5.74) is 0. The summed E-state index contributed by atoms with van der Waals surface area (Å²) in [4.78, 5) is 0. The zero-order chi connectivity index (χ0) is 13.0. The van der Waals surface area contributed by atoms with Crippen LogP contribution in [0.5, 0.6) is 0 Å². The predicted octanol–water partition coefficient (Wildman–Crippen LogP) is 2.80. The fraction of sp³-hybridized carbons (Fsp3) is 1.00. The molecule has 2 N–H and O–H groups in total. The lowest BCUT2D eigenvalue weighted by Gasteiger charge is -2.17. The summed E-state index contributed by atoms with van der Waals surface area (Å²) in [5.74, 6) is 0. The summed E-state index contributed by atoms with van der Waals surface area (Å²) in [6, 6.07) is 0. The van der Waals surface area contributed by atoms with E-state index in [1.165, 1.54) is 0 Å². The highest BCUT2D eigenvalue weighted by atomic mass is 31.2. The van der Waals surface area contributed by atoms with E-state index in [-0.39, 0.29) is 28.5 Å². The molecule has 0 bridgehead atoms. The molecule has 7 heteroatoms. The highest BCUT2D eigenvalue weighted by Gasteiger charge is 2.25. The van der Waals surface area contributed by atoms with Gasteiger partial charge in [-0.1, -0.05) is 40.0 Å². The minimum absolute atomic E-state index is 0. The molecule has 116 valence electrons. The first-order chi connectivity index (χ1) is 8.18. The van der Waals surface area contributed by atoms with E-state index in [1.54, 1.807) is 0 Å². The van der Waals surface area contributed by atoms with E-state index in [0.29, 0.717) is 19.8 Å². The molecule has 0 saturated heterocycles. The fourth-order valence-electron chi connectivity index (χ4n) is 1.07. The second kappa shape index (κ2) is 16.9. The second-order valence-electron chi connectivity index (χ2n) is 4.01. The number of phosphoric acid groups is 1. The number of phosphoric ester groups is 1. The molecule has 0 aromatic heterocycles. The summed E-state index contributed by atoms with van der Waals surface area (Å²) in [6.45, 7) is 7.49. The topological polar surface area (TPSA) is 76.3 Å². The Morgan fingerprint density at radius 1 is 0.737 bits per heavy atom. The summed E-state index contributed by atoms with van der Waals surface area (Å²) in [7, 11) is -3.31. The third-order valence-electron chi connectivity index (χ3n) is 2.24. The SMILES string of the molecule is CCCCOP(=O)(OCCCC)OCCCC.O.[MgH2]. The van der Waals surface area contributed by atoms with E-state index in [0.717, 1.165) is 38.5 Å². The highest BCUT2D eigenvalue weighted by molar-refractivity contribution is 7.48. The molecule has 0 aliphatic carbocycles. The number of rotatable bonds is 12. The van der Waals surface area contributed by atoms with Gasteiger partial charge in [0.1, 0.15) is 0 Å². The monoisotopic (exact) mass is 310 g/mol. The molecule has 0 aliphatic heterocycles.